The lowest BCUT2D eigenvalue weighted by Gasteiger charge is -2.17. The molecule has 1 unspecified atom stereocenters. The first-order valence-electron chi connectivity index (χ1n) is 6.78. The van der Waals surface area contributed by atoms with Crippen molar-refractivity contribution in [2.24, 2.45) is 0 Å². The average molecular weight is 342 g/mol. The van der Waals surface area contributed by atoms with Gasteiger partial charge in [-0.2, -0.15) is 0 Å². The number of halogens is 1. The fraction of sp³-hybridized carbons (Fsp3) is 0.467. The Morgan fingerprint density at radius 2 is 2.16 bits per heavy atom. The SMILES string of the molecule is CCCNC(Cc1ccc(Br)s1)c1ccoc1CC. The topological polar surface area (TPSA) is 25.2 Å². The van der Waals surface area contributed by atoms with Gasteiger partial charge in [0, 0.05) is 29.3 Å². The lowest BCUT2D eigenvalue weighted by molar-refractivity contribution is 0.483. The molecule has 1 N–H and O–H groups in total. The molecule has 0 bridgehead atoms. The Balaban J connectivity index is 2.15. The second-order valence-electron chi connectivity index (χ2n) is 4.57. The van der Waals surface area contributed by atoms with Crippen LogP contribution >= 0.6 is 27.3 Å². The number of aryl methyl sites for hydroxylation is 1. The molecule has 4 heteroatoms. The molecule has 1 atom stereocenters. The highest BCUT2D eigenvalue weighted by atomic mass is 79.9. The molecule has 0 aliphatic rings. The molecule has 0 aliphatic heterocycles. The standard InChI is InChI=1S/C15H20BrNOS/c1-3-8-17-13(10-11-5-6-15(16)19-11)12-7-9-18-14(12)4-2/h5-7,9,13,17H,3-4,8,10H2,1-2H3. The Labute approximate surface area is 127 Å². The third kappa shape index (κ3) is 3.94. The van der Waals surface area contributed by atoms with Crippen molar-refractivity contribution in [3.8, 4) is 0 Å². The Morgan fingerprint density at radius 3 is 2.79 bits per heavy atom. The molecule has 2 rings (SSSR count). The van der Waals surface area contributed by atoms with Gasteiger partial charge in [-0.25, -0.2) is 0 Å². The minimum absolute atomic E-state index is 0.346. The van der Waals surface area contributed by atoms with Crippen LogP contribution in [0.2, 0.25) is 0 Å². The number of nitrogens with one attached hydrogen (secondary N) is 1. The molecule has 19 heavy (non-hydrogen) atoms. The van der Waals surface area contributed by atoms with Crippen molar-refractivity contribution in [1.29, 1.82) is 0 Å². The summed E-state index contributed by atoms with van der Waals surface area (Å²) in [5.74, 6) is 1.10. The van der Waals surface area contributed by atoms with Gasteiger partial charge in [0.05, 0.1) is 10.0 Å². The lowest BCUT2D eigenvalue weighted by Crippen LogP contribution is -2.24. The van der Waals surface area contributed by atoms with Crippen LogP contribution in [0, 0.1) is 0 Å². The van der Waals surface area contributed by atoms with Crippen molar-refractivity contribution in [3.05, 3.63) is 44.4 Å². The van der Waals surface area contributed by atoms with Crippen molar-refractivity contribution in [2.75, 3.05) is 6.54 Å². The quantitative estimate of drug-likeness (QED) is 0.770. The van der Waals surface area contributed by atoms with Gasteiger partial charge in [0.25, 0.3) is 0 Å². The van der Waals surface area contributed by atoms with Crippen molar-refractivity contribution in [3.63, 3.8) is 0 Å². The van der Waals surface area contributed by atoms with Crippen LogP contribution in [-0.2, 0) is 12.8 Å². The van der Waals surface area contributed by atoms with Crippen LogP contribution in [0.1, 0.15) is 42.5 Å². The first-order chi connectivity index (χ1) is 9.24. The summed E-state index contributed by atoms with van der Waals surface area (Å²) in [6, 6.07) is 6.77. The van der Waals surface area contributed by atoms with E-state index in [0.29, 0.717) is 6.04 Å². The van der Waals surface area contributed by atoms with Crippen LogP contribution < -0.4 is 5.32 Å². The number of hydrogen-bond acceptors (Lipinski definition) is 3. The zero-order chi connectivity index (χ0) is 13.7. The summed E-state index contributed by atoms with van der Waals surface area (Å²) in [6.07, 6.45) is 4.91. The molecular weight excluding hydrogens is 322 g/mol. The molecule has 0 aliphatic carbocycles. The molecule has 0 radical (unpaired) electrons. The Morgan fingerprint density at radius 1 is 1.32 bits per heavy atom. The minimum Gasteiger partial charge on any atom is -0.469 e. The van der Waals surface area contributed by atoms with Gasteiger partial charge in [0.15, 0.2) is 0 Å². The Hall–Kier alpha value is -0.580. The highest BCUT2D eigenvalue weighted by Gasteiger charge is 2.17. The minimum atomic E-state index is 0.346. The largest absolute Gasteiger partial charge is 0.469 e. The van der Waals surface area contributed by atoms with E-state index in [2.05, 4.69) is 53.3 Å². The van der Waals surface area contributed by atoms with Crippen LogP contribution in [0.5, 0.6) is 0 Å². The Kier molecular flexibility index (Phi) is 5.67. The van der Waals surface area contributed by atoms with Gasteiger partial charge < -0.3 is 9.73 Å². The number of furan rings is 1. The molecule has 0 saturated heterocycles. The van der Waals surface area contributed by atoms with E-state index in [1.807, 2.05) is 0 Å². The molecule has 2 aromatic heterocycles. The molecule has 0 amide bonds. The third-order valence-corrected chi connectivity index (χ3v) is 4.80. The van der Waals surface area contributed by atoms with Gasteiger partial charge >= 0.3 is 0 Å². The Bertz CT molecular complexity index is 506. The van der Waals surface area contributed by atoms with Crippen LogP contribution in [0.3, 0.4) is 0 Å². The summed E-state index contributed by atoms with van der Waals surface area (Å²) < 4.78 is 6.77. The fourth-order valence-corrected chi connectivity index (χ4v) is 3.75. The number of hydrogen-bond donors (Lipinski definition) is 1. The normalized spacial score (nSPS) is 12.8. The molecule has 2 heterocycles. The maximum absolute atomic E-state index is 5.57. The van der Waals surface area contributed by atoms with Gasteiger partial charge in [-0.1, -0.05) is 13.8 Å². The van der Waals surface area contributed by atoms with E-state index in [4.69, 9.17) is 4.42 Å². The van der Waals surface area contributed by atoms with Crippen LogP contribution in [-0.4, -0.2) is 6.54 Å². The maximum atomic E-state index is 5.57. The predicted molar refractivity (Wildman–Crippen MR) is 84.8 cm³/mol. The van der Waals surface area contributed by atoms with Crippen LogP contribution in [0.15, 0.2) is 32.7 Å². The van der Waals surface area contributed by atoms with E-state index in [-0.39, 0.29) is 0 Å². The molecule has 2 aromatic rings. The molecule has 2 nitrogen and oxygen atoms in total. The molecule has 0 saturated carbocycles. The third-order valence-electron chi connectivity index (χ3n) is 3.15. The number of thiophene rings is 1. The van der Waals surface area contributed by atoms with E-state index in [1.54, 1.807) is 17.6 Å². The first-order valence-corrected chi connectivity index (χ1v) is 8.39. The second kappa shape index (κ2) is 7.27. The summed E-state index contributed by atoms with van der Waals surface area (Å²) in [7, 11) is 0. The summed E-state index contributed by atoms with van der Waals surface area (Å²) in [5.41, 5.74) is 1.31. The lowest BCUT2D eigenvalue weighted by atomic mass is 10.0. The summed E-state index contributed by atoms with van der Waals surface area (Å²) in [5, 5.41) is 3.64. The van der Waals surface area contributed by atoms with E-state index in [0.717, 1.165) is 31.6 Å². The molecule has 0 aromatic carbocycles. The van der Waals surface area contributed by atoms with Crippen molar-refractivity contribution < 1.29 is 4.42 Å². The second-order valence-corrected chi connectivity index (χ2v) is 7.12. The highest BCUT2D eigenvalue weighted by molar-refractivity contribution is 9.11. The molecular formula is C15H20BrNOS. The molecule has 0 fully saturated rings. The van der Waals surface area contributed by atoms with Crippen molar-refractivity contribution in [1.82, 2.24) is 5.32 Å². The number of rotatable bonds is 7. The average Bonchev–Trinajstić information content (AvgIpc) is 3.03. The van der Waals surface area contributed by atoms with Crippen LogP contribution in [0.4, 0.5) is 0 Å². The van der Waals surface area contributed by atoms with E-state index in [1.165, 1.54) is 14.2 Å². The fourth-order valence-electron chi connectivity index (χ4n) is 2.22. The van der Waals surface area contributed by atoms with Crippen molar-refractivity contribution >= 4 is 27.3 Å². The summed E-state index contributed by atoms with van der Waals surface area (Å²) >= 11 is 5.34. The van der Waals surface area contributed by atoms with Gasteiger partial charge in [-0.05, 0) is 47.1 Å². The molecule has 104 valence electrons. The van der Waals surface area contributed by atoms with Gasteiger partial charge in [-0.3, -0.25) is 0 Å². The smallest absolute Gasteiger partial charge is 0.108 e. The van der Waals surface area contributed by atoms with E-state index >= 15 is 0 Å². The van der Waals surface area contributed by atoms with E-state index < -0.39 is 0 Å². The zero-order valence-electron chi connectivity index (χ0n) is 11.4. The maximum Gasteiger partial charge on any atom is 0.108 e. The van der Waals surface area contributed by atoms with Gasteiger partial charge in [0.1, 0.15) is 5.76 Å². The van der Waals surface area contributed by atoms with Crippen LogP contribution in [0.25, 0.3) is 0 Å². The summed E-state index contributed by atoms with van der Waals surface area (Å²) in [6.45, 7) is 5.37. The van der Waals surface area contributed by atoms with Crippen molar-refractivity contribution in [2.45, 2.75) is 39.2 Å². The van der Waals surface area contributed by atoms with Gasteiger partial charge in [0.2, 0.25) is 0 Å². The first kappa shape index (κ1) is 14.8. The van der Waals surface area contributed by atoms with Gasteiger partial charge in [-0.15, -0.1) is 11.3 Å². The monoisotopic (exact) mass is 341 g/mol. The summed E-state index contributed by atoms with van der Waals surface area (Å²) in [4.78, 5) is 1.39. The predicted octanol–water partition coefficient (Wildman–Crippen LogP) is 4.95. The zero-order valence-corrected chi connectivity index (χ0v) is 13.8. The molecule has 0 spiro atoms. The van der Waals surface area contributed by atoms with E-state index in [9.17, 15) is 0 Å². The highest BCUT2D eigenvalue weighted by Crippen LogP contribution is 2.29.